The minimum Gasteiger partial charge on any atom is -0.508 e. The fourth-order valence-corrected chi connectivity index (χ4v) is 3.37. The molecule has 1 unspecified atom stereocenters. The largest absolute Gasteiger partial charge is 0.508 e. The Morgan fingerprint density at radius 1 is 1.18 bits per heavy atom. The van der Waals surface area contributed by atoms with Crippen molar-refractivity contribution >= 4 is 6.03 Å². The van der Waals surface area contributed by atoms with Crippen LogP contribution in [0.2, 0.25) is 0 Å². The van der Waals surface area contributed by atoms with Crippen molar-refractivity contribution < 1.29 is 9.90 Å². The van der Waals surface area contributed by atoms with Crippen LogP contribution in [0, 0.1) is 0 Å². The van der Waals surface area contributed by atoms with Gasteiger partial charge in [0.25, 0.3) is 0 Å². The Hall–Kier alpha value is -2.64. The topological polar surface area (TPSA) is 71.9 Å². The predicted octanol–water partition coefficient (Wildman–Crippen LogP) is 1.74. The SMILES string of the molecule is CN1CCN(C)C(CNC(=O)N(Cc2ccc(O)cc2)Cc2cccnc2)C1. The van der Waals surface area contributed by atoms with E-state index in [-0.39, 0.29) is 11.8 Å². The third-order valence-electron chi connectivity index (χ3n) is 5.16. The van der Waals surface area contributed by atoms with E-state index in [4.69, 9.17) is 0 Å². The number of likely N-dealkylation sites (N-methyl/N-ethyl adjacent to an activating group) is 2. The van der Waals surface area contributed by atoms with Gasteiger partial charge in [0.2, 0.25) is 0 Å². The van der Waals surface area contributed by atoms with Crippen LogP contribution in [0.15, 0.2) is 48.8 Å². The number of pyridine rings is 1. The molecule has 1 aromatic carbocycles. The molecule has 2 amide bonds. The second kappa shape index (κ2) is 9.52. The van der Waals surface area contributed by atoms with Crippen molar-refractivity contribution in [2.24, 2.45) is 0 Å². The summed E-state index contributed by atoms with van der Waals surface area (Å²) in [7, 11) is 4.22. The average Bonchev–Trinajstić information content (AvgIpc) is 2.70. The molecule has 2 aromatic rings. The summed E-state index contributed by atoms with van der Waals surface area (Å²) in [6.07, 6.45) is 3.50. The maximum absolute atomic E-state index is 13.0. The lowest BCUT2D eigenvalue weighted by molar-refractivity contribution is 0.112. The Morgan fingerprint density at radius 2 is 1.93 bits per heavy atom. The van der Waals surface area contributed by atoms with Gasteiger partial charge in [0, 0.05) is 57.7 Å². The third kappa shape index (κ3) is 5.68. The van der Waals surface area contributed by atoms with Crippen molar-refractivity contribution in [1.29, 1.82) is 0 Å². The van der Waals surface area contributed by atoms with Crippen LogP contribution >= 0.6 is 0 Å². The zero-order chi connectivity index (χ0) is 19.9. The molecule has 2 N–H and O–H groups in total. The zero-order valence-electron chi connectivity index (χ0n) is 16.6. The molecule has 0 spiro atoms. The lowest BCUT2D eigenvalue weighted by Gasteiger charge is -2.38. The van der Waals surface area contributed by atoms with E-state index < -0.39 is 0 Å². The number of hydrogen-bond donors (Lipinski definition) is 2. The first-order chi connectivity index (χ1) is 13.5. The molecule has 0 bridgehead atoms. The number of benzene rings is 1. The number of amides is 2. The van der Waals surface area contributed by atoms with E-state index >= 15 is 0 Å². The van der Waals surface area contributed by atoms with E-state index in [1.165, 1.54) is 0 Å². The molecule has 1 saturated heterocycles. The summed E-state index contributed by atoms with van der Waals surface area (Å²) in [4.78, 5) is 23.5. The van der Waals surface area contributed by atoms with Gasteiger partial charge < -0.3 is 20.2 Å². The number of rotatable bonds is 6. The molecule has 1 aromatic heterocycles. The van der Waals surface area contributed by atoms with Crippen LogP contribution in [-0.4, -0.2) is 77.1 Å². The third-order valence-corrected chi connectivity index (χ3v) is 5.16. The van der Waals surface area contributed by atoms with Crippen LogP contribution in [0.3, 0.4) is 0 Å². The van der Waals surface area contributed by atoms with Gasteiger partial charge in [-0.3, -0.25) is 9.88 Å². The van der Waals surface area contributed by atoms with Gasteiger partial charge in [-0.05, 0) is 43.4 Å². The number of piperazine rings is 1. The van der Waals surface area contributed by atoms with E-state index in [9.17, 15) is 9.90 Å². The van der Waals surface area contributed by atoms with Crippen molar-refractivity contribution in [2.45, 2.75) is 19.1 Å². The monoisotopic (exact) mass is 383 g/mol. The van der Waals surface area contributed by atoms with Gasteiger partial charge >= 0.3 is 6.03 Å². The van der Waals surface area contributed by atoms with Crippen molar-refractivity contribution in [3.8, 4) is 5.75 Å². The second-order valence-electron chi connectivity index (χ2n) is 7.47. The Bertz CT molecular complexity index is 753. The van der Waals surface area contributed by atoms with Crippen molar-refractivity contribution in [3.63, 3.8) is 0 Å². The fraction of sp³-hybridized carbons (Fsp3) is 0.429. The highest BCUT2D eigenvalue weighted by Gasteiger charge is 2.23. The standard InChI is InChI=1S/C21H29N5O2/c1-24-10-11-25(2)19(16-24)13-23-21(28)26(15-18-4-3-9-22-12-18)14-17-5-7-20(27)8-6-17/h3-9,12,19,27H,10-11,13-16H2,1-2H3,(H,23,28). The summed E-state index contributed by atoms with van der Waals surface area (Å²) in [6.45, 7) is 4.54. The highest BCUT2D eigenvalue weighted by atomic mass is 16.3. The van der Waals surface area contributed by atoms with Crippen molar-refractivity contribution in [2.75, 3.05) is 40.3 Å². The number of carbonyl (C=O) groups is 1. The van der Waals surface area contributed by atoms with Crippen LogP contribution in [0.1, 0.15) is 11.1 Å². The maximum Gasteiger partial charge on any atom is 0.318 e. The molecule has 1 fully saturated rings. The van der Waals surface area contributed by atoms with Gasteiger partial charge in [-0.15, -0.1) is 0 Å². The number of phenolic OH excluding ortho intramolecular Hbond substituents is 1. The first kappa shape index (κ1) is 20.1. The molecule has 2 heterocycles. The molecule has 0 saturated carbocycles. The smallest absolute Gasteiger partial charge is 0.318 e. The molecule has 0 aliphatic carbocycles. The summed E-state index contributed by atoms with van der Waals surface area (Å²) < 4.78 is 0. The number of nitrogens with zero attached hydrogens (tertiary/aromatic N) is 4. The van der Waals surface area contributed by atoms with Gasteiger partial charge in [-0.25, -0.2) is 4.79 Å². The van der Waals surface area contributed by atoms with E-state index in [2.05, 4.69) is 34.2 Å². The van der Waals surface area contributed by atoms with Gasteiger partial charge in [-0.2, -0.15) is 0 Å². The quantitative estimate of drug-likeness (QED) is 0.795. The Kier molecular flexibility index (Phi) is 6.84. The maximum atomic E-state index is 13.0. The summed E-state index contributed by atoms with van der Waals surface area (Å²) in [5, 5.41) is 12.6. The fourth-order valence-electron chi connectivity index (χ4n) is 3.37. The molecule has 1 aliphatic rings. The summed E-state index contributed by atoms with van der Waals surface area (Å²) >= 11 is 0. The van der Waals surface area contributed by atoms with E-state index in [1.807, 2.05) is 24.3 Å². The van der Waals surface area contributed by atoms with Crippen molar-refractivity contribution in [3.05, 3.63) is 59.9 Å². The molecule has 1 atom stereocenters. The number of carbonyl (C=O) groups excluding carboxylic acids is 1. The minimum absolute atomic E-state index is 0.0986. The molecule has 3 rings (SSSR count). The lowest BCUT2D eigenvalue weighted by atomic mass is 10.2. The van der Waals surface area contributed by atoms with Crippen LogP contribution < -0.4 is 5.32 Å². The zero-order valence-corrected chi connectivity index (χ0v) is 16.6. The highest BCUT2D eigenvalue weighted by Crippen LogP contribution is 2.14. The van der Waals surface area contributed by atoms with Gasteiger partial charge in [0.1, 0.15) is 5.75 Å². The van der Waals surface area contributed by atoms with Crippen LogP contribution in [-0.2, 0) is 13.1 Å². The number of aromatic nitrogens is 1. The van der Waals surface area contributed by atoms with Gasteiger partial charge in [0.15, 0.2) is 0 Å². The van der Waals surface area contributed by atoms with Crippen LogP contribution in [0.25, 0.3) is 0 Å². The van der Waals surface area contributed by atoms with Crippen molar-refractivity contribution in [1.82, 2.24) is 25.0 Å². The second-order valence-corrected chi connectivity index (χ2v) is 7.47. The molecule has 28 heavy (non-hydrogen) atoms. The van der Waals surface area contributed by atoms with E-state index in [0.717, 1.165) is 30.8 Å². The average molecular weight is 383 g/mol. The minimum atomic E-state index is -0.0986. The van der Waals surface area contributed by atoms with Gasteiger partial charge in [-0.1, -0.05) is 18.2 Å². The molecular weight excluding hydrogens is 354 g/mol. The Balaban J connectivity index is 1.66. The van der Waals surface area contributed by atoms with Crippen LogP contribution in [0.5, 0.6) is 5.75 Å². The molecular formula is C21H29N5O2. The number of urea groups is 1. The molecule has 7 nitrogen and oxygen atoms in total. The summed E-state index contributed by atoms with van der Waals surface area (Å²) in [5.74, 6) is 0.219. The normalized spacial score (nSPS) is 18.0. The molecule has 7 heteroatoms. The lowest BCUT2D eigenvalue weighted by Crippen LogP contribution is -2.55. The molecule has 1 aliphatic heterocycles. The summed E-state index contributed by atoms with van der Waals surface area (Å²) in [6, 6.07) is 11.0. The number of hydrogen-bond acceptors (Lipinski definition) is 5. The van der Waals surface area contributed by atoms with E-state index in [0.29, 0.717) is 25.7 Å². The van der Waals surface area contributed by atoms with Gasteiger partial charge in [0.05, 0.1) is 0 Å². The highest BCUT2D eigenvalue weighted by molar-refractivity contribution is 5.74. The first-order valence-electron chi connectivity index (χ1n) is 9.59. The summed E-state index contributed by atoms with van der Waals surface area (Å²) in [5.41, 5.74) is 1.94. The molecule has 150 valence electrons. The number of aromatic hydroxyl groups is 1. The number of nitrogens with one attached hydrogen (secondary N) is 1. The van der Waals surface area contributed by atoms with E-state index in [1.54, 1.807) is 29.4 Å². The Morgan fingerprint density at radius 3 is 2.64 bits per heavy atom. The number of phenols is 1. The predicted molar refractivity (Wildman–Crippen MR) is 109 cm³/mol. The first-order valence-corrected chi connectivity index (χ1v) is 9.59. The Labute approximate surface area is 166 Å². The van der Waals surface area contributed by atoms with Crippen LogP contribution in [0.4, 0.5) is 4.79 Å². The molecule has 0 radical (unpaired) electrons.